The lowest BCUT2D eigenvalue weighted by molar-refractivity contribution is -0.139. The van der Waals surface area contributed by atoms with E-state index in [9.17, 15) is 22.8 Å². The molecule has 0 bridgehead atoms. The minimum Gasteiger partial charge on any atom is -0.492 e. The molecule has 10 nitrogen and oxygen atoms in total. The van der Waals surface area contributed by atoms with E-state index in [0.717, 1.165) is 31.4 Å². The summed E-state index contributed by atoms with van der Waals surface area (Å²) in [6.45, 7) is -0.498. The van der Waals surface area contributed by atoms with Crippen LogP contribution in [0.2, 0.25) is 0 Å². The summed E-state index contributed by atoms with van der Waals surface area (Å²) in [4.78, 5) is 24.9. The zero-order chi connectivity index (χ0) is 28.8. The average molecular weight is 569 g/mol. The number of pyridine rings is 1. The molecule has 3 aromatic heterocycles. The van der Waals surface area contributed by atoms with Crippen LogP contribution < -0.4 is 20.5 Å². The van der Waals surface area contributed by atoms with Crippen molar-refractivity contribution in [2.45, 2.75) is 50.4 Å². The van der Waals surface area contributed by atoms with Crippen LogP contribution in [0.15, 0.2) is 61.1 Å². The van der Waals surface area contributed by atoms with Gasteiger partial charge in [-0.15, -0.1) is 5.10 Å². The van der Waals surface area contributed by atoms with E-state index >= 15 is 0 Å². The first-order valence-corrected chi connectivity index (χ1v) is 13.2. The highest BCUT2D eigenvalue weighted by Crippen LogP contribution is 2.56. The number of hydrogen-bond acceptors (Lipinski definition) is 6. The molecule has 3 heterocycles. The van der Waals surface area contributed by atoms with Gasteiger partial charge < -0.3 is 20.5 Å². The number of rotatable bonds is 9. The quantitative estimate of drug-likeness (QED) is 0.314. The van der Waals surface area contributed by atoms with Gasteiger partial charge in [-0.2, -0.15) is 18.3 Å². The molecular formula is C28H27F3N6O4. The summed E-state index contributed by atoms with van der Waals surface area (Å²) in [5.74, 6) is -0.433. The molecule has 0 atom stereocenters. The van der Waals surface area contributed by atoms with E-state index in [1.807, 2.05) is 30.3 Å². The SMILES string of the molecule is NC(=O)c1cn(-c2ccccc2)nc1OC1CC2(CC(NC(=O)c3cnn4cc(OCCC(F)(F)F)ccc34)C2)C1. The fourth-order valence-electron chi connectivity index (χ4n) is 5.67. The third-order valence-corrected chi connectivity index (χ3v) is 7.65. The minimum absolute atomic E-state index is 0.00171. The number of carbonyl (C=O) groups is 2. The topological polar surface area (TPSA) is 126 Å². The number of hydrogen-bond donors (Lipinski definition) is 2. The van der Waals surface area contributed by atoms with Gasteiger partial charge >= 0.3 is 6.18 Å². The van der Waals surface area contributed by atoms with E-state index in [2.05, 4.69) is 15.5 Å². The van der Waals surface area contributed by atoms with Crippen molar-refractivity contribution in [3.63, 3.8) is 0 Å². The highest BCUT2D eigenvalue weighted by atomic mass is 19.4. The fraction of sp³-hybridized carbons (Fsp3) is 0.357. The van der Waals surface area contributed by atoms with Crippen molar-refractivity contribution in [1.29, 1.82) is 0 Å². The van der Waals surface area contributed by atoms with E-state index in [0.29, 0.717) is 11.1 Å². The summed E-state index contributed by atoms with van der Waals surface area (Å²) in [5, 5.41) is 11.6. The zero-order valence-corrected chi connectivity index (χ0v) is 21.8. The summed E-state index contributed by atoms with van der Waals surface area (Å²) in [6, 6.07) is 12.5. The van der Waals surface area contributed by atoms with Gasteiger partial charge in [0.25, 0.3) is 11.8 Å². The van der Waals surface area contributed by atoms with E-state index < -0.39 is 25.1 Å². The summed E-state index contributed by atoms with van der Waals surface area (Å²) >= 11 is 0. The lowest BCUT2D eigenvalue weighted by Crippen LogP contribution is -2.58. The molecule has 2 saturated carbocycles. The molecule has 13 heteroatoms. The average Bonchev–Trinajstić information content (AvgIpc) is 3.50. The maximum absolute atomic E-state index is 12.9. The van der Waals surface area contributed by atoms with Crippen LogP contribution in [0.1, 0.15) is 52.8 Å². The first-order chi connectivity index (χ1) is 19.6. The van der Waals surface area contributed by atoms with Crippen LogP contribution in [0.4, 0.5) is 13.2 Å². The predicted molar refractivity (Wildman–Crippen MR) is 140 cm³/mol. The maximum Gasteiger partial charge on any atom is 0.392 e. The number of aromatic nitrogens is 4. The van der Waals surface area contributed by atoms with Crippen LogP contribution >= 0.6 is 0 Å². The highest BCUT2D eigenvalue weighted by Gasteiger charge is 2.54. The van der Waals surface area contributed by atoms with Crippen molar-refractivity contribution in [3.8, 4) is 17.3 Å². The molecule has 3 N–H and O–H groups in total. The van der Waals surface area contributed by atoms with Crippen molar-refractivity contribution in [2.75, 3.05) is 6.61 Å². The van der Waals surface area contributed by atoms with Crippen molar-refractivity contribution in [1.82, 2.24) is 24.7 Å². The molecule has 41 heavy (non-hydrogen) atoms. The molecule has 0 unspecified atom stereocenters. The van der Waals surface area contributed by atoms with Crippen LogP contribution in [-0.4, -0.2) is 56.1 Å². The number of carbonyl (C=O) groups excluding carboxylic acids is 2. The number of amides is 2. The second kappa shape index (κ2) is 10.1. The van der Waals surface area contributed by atoms with Crippen LogP contribution in [0, 0.1) is 5.41 Å². The Balaban J connectivity index is 1.01. The number of halogens is 3. The number of fused-ring (bicyclic) bond motifs is 1. The Bertz CT molecular complexity index is 1590. The first-order valence-electron chi connectivity index (χ1n) is 13.2. The highest BCUT2D eigenvalue weighted by molar-refractivity contribution is 6.00. The van der Waals surface area contributed by atoms with E-state index in [4.69, 9.17) is 15.2 Å². The number of primary amides is 1. The Hall–Kier alpha value is -4.55. The van der Waals surface area contributed by atoms with Gasteiger partial charge in [0.2, 0.25) is 5.88 Å². The van der Waals surface area contributed by atoms with Crippen LogP contribution in [0.5, 0.6) is 11.6 Å². The number of benzene rings is 1. The molecular weight excluding hydrogens is 541 g/mol. The molecule has 2 amide bonds. The monoisotopic (exact) mass is 568 g/mol. The number of alkyl halides is 3. The van der Waals surface area contributed by atoms with Crippen LogP contribution in [0.25, 0.3) is 11.2 Å². The van der Waals surface area contributed by atoms with Gasteiger partial charge in [-0.3, -0.25) is 9.59 Å². The van der Waals surface area contributed by atoms with Gasteiger partial charge in [0.15, 0.2) is 0 Å². The number of nitrogens with two attached hydrogens (primary N) is 1. The first kappa shape index (κ1) is 26.7. The van der Waals surface area contributed by atoms with E-state index in [1.54, 1.807) is 16.9 Å². The molecule has 4 aromatic rings. The van der Waals surface area contributed by atoms with Gasteiger partial charge in [-0.25, -0.2) is 9.20 Å². The Kier molecular flexibility index (Phi) is 6.59. The third-order valence-electron chi connectivity index (χ3n) is 7.65. The molecule has 1 spiro atoms. The maximum atomic E-state index is 12.9. The molecule has 0 saturated heterocycles. The second-order valence-corrected chi connectivity index (χ2v) is 10.7. The van der Waals surface area contributed by atoms with Gasteiger partial charge in [0.1, 0.15) is 17.4 Å². The molecule has 2 aliphatic carbocycles. The van der Waals surface area contributed by atoms with Gasteiger partial charge in [-0.1, -0.05) is 18.2 Å². The molecule has 1 aromatic carbocycles. The van der Waals surface area contributed by atoms with Gasteiger partial charge in [-0.05, 0) is 55.4 Å². The summed E-state index contributed by atoms with van der Waals surface area (Å²) in [5.41, 5.74) is 7.53. The Labute approximate surface area is 232 Å². The molecule has 2 aliphatic rings. The van der Waals surface area contributed by atoms with Crippen molar-refractivity contribution in [3.05, 3.63) is 72.2 Å². The van der Waals surface area contributed by atoms with Gasteiger partial charge in [0, 0.05) is 12.2 Å². The molecule has 0 radical (unpaired) electrons. The summed E-state index contributed by atoms with van der Waals surface area (Å²) in [7, 11) is 0. The lowest BCUT2D eigenvalue weighted by atomic mass is 9.53. The Morgan fingerprint density at radius 1 is 1.05 bits per heavy atom. The zero-order valence-electron chi connectivity index (χ0n) is 21.8. The molecule has 214 valence electrons. The van der Waals surface area contributed by atoms with Crippen molar-refractivity contribution in [2.24, 2.45) is 11.1 Å². The normalized spacial score (nSPS) is 21.7. The molecule has 6 rings (SSSR count). The Morgan fingerprint density at radius 3 is 2.51 bits per heavy atom. The van der Waals surface area contributed by atoms with E-state index in [-0.39, 0.29) is 40.7 Å². The molecule has 0 aliphatic heterocycles. The third kappa shape index (κ3) is 5.56. The smallest absolute Gasteiger partial charge is 0.392 e. The molecule has 2 fully saturated rings. The number of ether oxygens (including phenoxy) is 2. The Morgan fingerprint density at radius 2 is 1.80 bits per heavy atom. The number of nitrogens with one attached hydrogen (secondary N) is 1. The predicted octanol–water partition coefficient (Wildman–Crippen LogP) is 4.07. The largest absolute Gasteiger partial charge is 0.492 e. The summed E-state index contributed by atoms with van der Waals surface area (Å²) in [6.07, 6.45) is 2.16. The summed E-state index contributed by atoms with van der Waals surface area (Å²) < 4.78 is 51.3. The van der Waals surface area contributed by atoms with Crippen molar-refractivity contribution < 1.29 is 32.2 Å². The number of nitrogens with zero attached hydrogens (tertiary/aromatic N) is 4. The minimum atomic E-state index is -4.30. The van der Waals surface area contributed by atoms with Crippen LogP contribution in [-0.2, 0) is 0 Å². The lowest BCUT2D eigenvalue weighted by Gasteiger charge is -2.57. The van der Waals surface area contributed by atoms with E-state index in [1.165, 1.54) is 23.0 Å². The second-order valence-electron chi connectivity index (χ2n) is 10.7. The van der Waals surface area contributed by atoms with Gasteiger partial charge in [0.05, 0.1) is 42.2 Å². The van der Waals surface area contributed by atoms with Crippen LogP contribution in [0.3, 0.4) is 0 Å². The fourth-order valence-corrected chi connectivity index (χ4v) is 5.67. The standard InChI is InChI=1S/C28H27F3N6O4/c29-28(30,31)8-9-40-19-6-7-23-21(14-33-37(23)15-19)25(39)34-17-10-27(11-17)12-20(13-27)41-26-22(24(32)38)16-36(35-26)18-4-2-1-3-5-18/h1-7,14-17,20H,8-13H2,(H2,32,38)(H,34,39). The number of para-hydroxylation sites is 1. The van der Waals surface area contributed by atoms with Crippen molar-refractivity contribution >= 4 is 17.3 Å².